The maximum Gasteiger partial charge on any atom is 0.233 e. The van der Waals surface area contributed by atoms with Crippen LogP contribution < -0.4 is 4.74 Å². The van der Waals surface area contributed by atoms with Gasteiger partial charge in [0.1, 0.15) is 6.10 Å². The van der Waals surface area contributed by atoms with Gasteiger partial charge in [0.05, 0.1) is 18.9 Å². The highest BCUT2D eigenvalue weighted by atomic mass is 16.6. The first-order chi connectivity index (χ1) is 6.92. The van der Waals surface area contributed by atoms with Crippen molar-refractivity contribution in [2.75, 3.05) is 13.2 Å². The highest BCUT2D eigenvalue weighted by molar-refractivity contribution is 5.18. The number of hydrogen-bond acceptors (Lipinski definition) is 4. The Kier molecular flexibility index (Phi) is 1.87. The summed E-state index contributed by atoms with van der Waals surface area (Å²) in [7, 11) is 0. The fourth-order valence-corrected chi connectivity index (χ4v) is 1.44. The molecule has 1 aliphatic heterocycles. The zero-order valence-corrected chi connectivity index (χ0v) is 7.85. The molecule has 4 nitrogen and oxygen atoms in total. The molecule has 14 heavy (non-hydrogen) atoms. The lowest BCUT2D eigenvalue weighted by molar-refractivity contribution is -0.0816. The van der Waals surface area contributed by atoms with Crippen molar-refractivity contribution in [3.63, 3.8) is 0 Å². The quantitative estimate of drug-likeness (QED) is 0.720. The molecule has 0 spiro atoms. The molecule has 1 aromatic rings. The third-order valence-electron chi connectivity index (χ3n) is 2.55. The Morgan fingerprint density at radius 1 is 1.21 bits per heavy atom. The molecule has 0 unspecified atom stereocenters. The first kappa shape index (κ1) is 8.17. The molecule has 1 saturated heterocycles. The molecular weight excluding hydrogens is 180 g/mol. The Morgan fingerprint density at radius 2 is 2.07 bits per heavy atom. The fraction of sp³-hybridized carbons (Fsp3) is 0.600. The summed E-state index contributed by atoms with van der Waals surface area (Å²) in [6.45, 7) is 1.35. The Labute approximate surface area is 82.2 Å². The molecule has 74 valence electrons. The maximum atomic E-state index is 5.51. The zero-order chi connectivity index (χ0) is 9.38. The van der Waals surface area contributed by atoms with Gasteiger partial charge in [0.15, 0.2) is 0 Å². The van der Waals surface area contributed by atoms with Crippen LogP contribution in [0.2, 0.25) is 0 Å². The van der Waals surface area contributed by atoms with E-state index in [9.17, 15) is 0 Å². The van der Waals surface area contributed by atoms with E-state index >= 15 is 0 Å². The molecule has 3 rings (SSSR count). The minimum atomic E-state index is 0.177. The van der Waals surface area contributed by atoms with Crippen LogP contribution in [0.25, 0.3) is 0 Å². The predicted octanol–water partition coefficient (Wildman–Crippen LogP) is 1.13. The van der Waals surface area contributed by atoms with Crippen LogP contribution in [0, 0.1) is 0 Å². The summed E-state index contributed by atoms with van der Waals surface area (Å²) in [6.07, 6.45) is 2.69. The van der Waals surface area contributed by atoms with E-state index in [1.54, 1.807) is 0 Å². The molecule has 0 aromatic carbocycles. The largest absolute Gasteiger partial charge is 0.468 e. The van der Waals surface area contributed by atoms with E-state index in [0.29, 0.717) is 25.0 Å². The summed E-state index contributed by atoms with van der Waals surface area (Å²) in [4.78, 5) is 0. The molecule has 2 aliphatic rings. The van der Waals surface area contributed by atoms with E-state index in [2.05, 4.69) is 10.2 Å². The molecule has 0 amide bonds. The third kappa shape index (κ3) is 1.57. The van der Waals surface area contributed by atoms with Gasteiger partial charge in [0, 0.05) is 12.0 Å². The number of rotatable bonds is 3. The summed E-state index contributed by atoms with van der Waals surface area (Å²) in [5.74, 6) is 1.27. The van der Waals surface area contributed by atoms with Gasteiger partial charge >= 0.3 is 0 Å². The molecule has 1 aromatic heterocycles. The fourth-order valence-electron chi connectivity index (χ4n) is 1.44. The van der Waals surface area contributed by atoms with E-state index in [1.807, 2.05) is 12.1 Å². The highest BCUT2D eigenvalue weighted by Gasteiger charge is 2.26. The van der Waals surface area contributed by atoms with E-state index in [1.165, 1.54) is 12.8 Å². The van der Waals surface area contributed by atoms with Crippen molar-refractivity contribution in [3.8, 4) is 5.88 Å². The van der Waals surface area contributed by atoms with Crippen molar-refractivity contribution >= 4 is 0 Å². The van der Waals surface area contributed by atoms with Crippen LogP contribution in [0.5, 0.6) is 5.88 Å². The minimum Gasteiger partial charge on any atom is -0.468 e. The molecule has 2 heterocycles. The van der Waals surface area contributed by atoms with Crippen LogP contribution in [0.3, 0.4) is 0 Å². The lowest BCUT2D eigenvalue weighted by Crippen LogP contribution is -2.38. The molecular formula is C10H12N2O2. The third-order valence-corrected chi connectivity index (χ3v) is 2.55. The minimum absolute atomic E-state index is 0.177. The number of nitrogens with zero attached hydrogens (tertiary/aromatic N) is 2. The van der Waals surface area contributed by atoms with E-state index in [4.69, 9.17) is 9.47 Å². The van der Waals surface area contributed by atoms with Crippen molar-refractivity contribution in [2.24, 2.45) is 0 Å². The monoisotopic (exact) mass is 192 g/mol. The van der Waals surface area contributed by atoms with E-state index in [0.717, 1.165) is 5.69 Å². The van der Waals surface area contributed by atoms with Crippen molar-refractivity contribution in [1.82, 2.24) is 10.2 Å². The lowest BCUT2D eigenvalue weighted by atomic mass is 10.3. The summed E-state index contributed by atoms with van der Waals surface area (Å²) in [6, 6.07) is 3.92. The summed E-state index contributed by atoms with van der Waals surface area (Å²) in [5.41, 5.74) is 1.10. The van der Waals surface area contributed by atoms with Gasteiger partial charge in [-0.05, 0) is 18.9 Å². The van der Waals surface area contributed by atoms with Crippen LogP contribution in [0.1, 0.15) is 24.5 Å². The van der Waals surface area contributed by atoms with E-state index in [-0.39, 0.29) is 6.10 Å². The molecule has 1 aliphatic carbocycles. The molecule has 2 fully saturated rings. The SMILES string of the molecule is c1cc(C2CC2)nnc1OC1COC1. The normalized spacial score (nSPS) is 21.7. The maximum absolute atomic E-state index is 5.51. The smallest absolute Gasteiger partial charge is 0.233 e. The second kappa shape index (κ2) is 3.20. The second-order valence-corrected chi connectivity index (χ2v) is 3.85. The summed E-state index contributed by atoms with van der Waals surface area (Å²) in [5, 5.41) is 8.17. The van der Waals surface area contributed by atoms with Crippen molar-refractivity contribution in [3.05, 3.63) is 17.8 Å². The Morgan fingerprint density at radius 3 is 2.57 bits per heavy atom. The van der Waals surface area contributed by atoms with Crippen LogP contribution >= 0.6 is 0 Å². The molecule has 0 N–H and O–H groups in total. The van der Waals surface area contributed by atoms with Gasteiger partial charge in [-0.2, -0.15) is 5.10 Å². The molecule has 0 atom stereocenters. The van der Waals surface area contributed by atoms with Gasteiger partial charge < -0.3 is 9.47 Å². The van der Waals surface area contributed by atoms with Crippen LogP contribution in [0.15, 0.2) is 12.1 Å². The lowest BCUT2D eigenvalue weighted by Gasteiger charge is -2.25. The van der Waals surface area contributed by atoms with Crippen molar-refractivity contribution in [2.45, 2.75) is 24.9 Å². The predicted molar refractivity (Wildman–Crippen MR) is 49.2 cm³/mol. The van der Waals surface area contributed by atoms with Crippen LogP contribution in [-0.2, 0) is 4.74 Å². The van der Waals surface area contributed by atoms with Crippen molar-refractivity contribution in [1.29, 1.82) is 0 Å². The molecule has 1 saturated carbocycles. The van der Waals surface area contributed by atoms with Gasteiger partial charge in [-0.1, -0.05) is 0 Å². The van der Waals surface area contributed by atoms with Gasteiger partial charge in [-0.3, -0.25) is 0 Å². The van der Waals surface area contributed by atoms with Gasteiger partial charge in [0.25, 0.3) is 0 Å². The van der Waals surface area contributed by atoms with Gasteiger partial charge in [-0.15, -0.1) is 5.10 Å². The zero-order valence-electron chi connectivity index (χ0n) is 7.85. The summed E-state index contributed by atoms with van der Waals surface area (Å²) >= 11 is 0. The van der Waals surface area contributed by atoms with Gasteiger partial charge in [0.2, 0.25) is 5.88 Å². The standard InChI is InChI=1S/C10H12N2O2/c1-2-7(1)9-3-4-10(12-11-9)14-8-5-13-6-8/h3-4,7-8H,1-2,5-6H2. The Hall–Kier alpha value is -1.16. The number of ether oxygens (including phenoxy) is 2. The van der Waals surface area contributed by atoms with Crippen molar-refractivity contribution < 1.29 is 9.47 Å². The van der Waals surface area contributed by atoms with Gasteiger partial charge in [-0.25, -0.2) is 0 Å². The first-order valence-corrected chi connectivity index (χ1v) is 5.00. The number of aromatic nitrogens is 2. The topological polar surface area (TPSA) is 44.2 Å². The second-order valence-electron chi connectivity index (χ2n) is 3.85. The van der Waals surface area contributed by atoms with Crippen LogP contribution in [-0.4, -0.2) is 29.5 Å². The molecule has 0 radical (unpaired) electrons. The van der Waals surface area contributed by atoms with Crippen LogP contribution in [0.4, 0.5) is 0 Å². The molecule has 0 bridgehead atoms. The first-order valence-electron chi connectivity index (χ1n) is 5.00. The molecule has 4 heteroatoms. The highest BCUT2D eigenvalue weighted by Crippen LogP contribution is 2.38. The Balaban J connectivity index is 1.66. The van der Waals surface area contributed by atoms with E-state index < -0.39 is 0 Å². The Bertz CT molecular complexity index is 317. The average molecular weight is 192 g/mol. The average Bonchev–Trinajstić information content (AvgIpc) is 2.96. The summed E-state index contributed by atoms with van der Waals surface area (Å²) < 4.78 is 10.5. The number of hydrogen-bond donors (Lipinski definition) is 0.